The van der Waals surface area contributed by atoms with Crippen molar-refractivity contribution in [3.05, 3.63) is 35.4 Å². The minimum absolute atomic E-state index is 0.213. The highest BCUT2D eigenvalue weighted by atomic mass is 127. The van der Waals surface area contributed by atoms with E-state index in [0.29, 0.717) is 5.92 Å². The average Bonchev–Trinajstić information content (AvgIpc) is 2.27. The molecule has 2 nitrogen and oxygen atoms in total. The third kappa shape index (κ3) is 3.69. The summed E-state index contributed by atoms with van der Waals surface area (Å²) >= 11 is 1.64. The molecule has 0 spiro atoms. The normalized spacial score (nSPS) is 11.6. The molecule has 1 rings (SSSR count). The summed E-state index contributed by atoms with van der Waals surface area (Å²) in [6.45, 7) is 8.16. The van der Waals surface area contributed by atoms with Crippen molar-refractivity contribution < 1.29 is 7.86 Å². The molecule has 0 heterocycles. The van der Waals surface area contributed by atoms with Gasteiger partial charge in [0.2, 0.25) is 0 Å². The van der Waals surface area contributed by atoms with Crippen LogP contribution in [0.1, 0.15) is 38.8 Å². The predicted octanol–water partition coefficient (Wildman–Crippen LogP) is 4.06. The van der Waals surface area contributed by atoms with Crippen LogP contribution >= 0.6 is 23.0 Å². The first-order valence-corrected chi connectivity index (χ1v) is 6.68. The molecule has 0 aliphatic heterocycles. The fourth-order valence-electron chi connectivity index (χ4n) is 1.74. The first kappa shape index (κ1) is 14.5. The second-order valence-electron chi connectivity index (χ2n) is 5.28. The fraction of sp³-hybridized carbons (Fsp3) is 0.500. The third-order valence-electron chi connectivity index (χ3n) is 2.90. The third-order valence-corrected chi connectivity index (χ3v) is 3.30. The second-order valence-corrected chi connectivity index (χ2v) is 5.72. The Labute approximate surface area is 117 Å². The summed E-state index contributed by atoms with van der Waals surface area (Å²) in [5.74, 6) is 0.433. The maximum absolute atomic E-state index is 11.7. The maximum atomic E-state index is 11.7. The molecule has 0 saturated heterocycles. The lowest BCUT2D eigenvalue weighted by molar-refractivity contribution is -0.136. The summed E-state index contributed by atoms with van der Waals surface area (Å²) in [4.78, 5) is 11.7. The van der Waals surface area contributed by atoms with Gasteiger partial charge in [-0.15, -0.1) is 0 Å². The Kier molecular flexibility index (Phi) is 4.98. The van der Waals surface area contributed by atoms with E-state index < -0.39 is 5.41 Å². The Balaban J connectivity index is 2.90. The second kappa shape index (κ2) is 5.85. The zero-order chi connectivity index (χ0) is 13.1. The first-order chi connectivity index (χ1) is 7.87. The Morgan fingerprint density at radius 1 is 1.29 bits per heavy atom. The molecule has 0 atom stereocenters. The van der Waals surface area contributed by atoms with Crippen molar-refractivity contribution in [3.8, 4) is 0 Å². The number of carbonyl (C=O) groups excluding carboxylic acids is 1. The van der Waals surface area contributed by atoms with Gasteiger partial charge in [-0.1, -0.05) is 38.1 Å². The van der Waals surface area contributed by atoms with Crippen LogP contribution in [-0.4, -0.2) is 5.97 Å². The Morgan fingerprint density at radius 2 is 1.82 bits per heavy atom. The standard InChI is InChI=1S/C14H19IO2/c1-10(2)9-11-5-7-12(8-6-11)14(3,4)13(16)17-15/h5-8,10H,9H2,1-4H3. The van der Waals surface area contributed by atoms with Crippen LogP contribution in [0.25, 0.3) is 0 Å². The number of carbonyl (C=O) groups is 1. The van der Waals surface area contributed by atoms with E-state index in [-0.39, 0.29) is 5.97 Å². The van der Waals surface area contributed by atoms with Gasteiger partial charge in [0.15, 0.2) is 23.0 Å². The molecule has 0 radical (unpaired) electrons. The van der Waals surface area contributed by atoms with E-state index in [9.17, 15) is 4.79 Å². The zero-order valence-electron chi connectivity index (χ0n) is 10.8. The largest absolute Gasteiger partial charge is 0.394 e. The van der Waals surface area contributed by atoms with Crippen LogP contribution in [0.5, 0.6) is 0 Å². The number of hydrogen-bond acceptors (Lipinski definition) is 2. The van der Waals surface area contributed by atoms with Crippen molar-refractivity contribution >= 4 is 29.0 Å². The van der Waals surface area contributed by atoms with Crippen molar-refractivity contribution in [3.63, 3.8) is 0 Å². The van der Waals surface area contributed by atoms with E-state index in [4.69, 9.17) is 3.07 Å². The van der Waals surface area contributed by atoms with Crippen molar-refractivity contribution in [1.82, 2.24) is 0 Å². The Morgan fingerprint density at radius 3 is 2.24 bits per heavy atom. The van der Waals surface area contributed by atoms with E-state index in [1.54, 1.807) is 23.0 Å². The Bertz CT molecular complexity index is 380. The zero-order valence-corrected chi connectivity index (χ0v) is 12.9. The van der Waals surface area contributed by atoms with Gasteiger partial charge in [-0.2, -0.15) is 0 Å². The molecule has 0 saturated carbocycles. The highest BCUT2D eigenvalue weighted by molar-refractivity contribution is 14.1. The quantitative estimate of drug-likeness (QED) is 0.769. The molecule has 0 bridgehead atoms. The molecule has 0 aliphatic rings. The number of hydrogen-bond donors (Lipinski definition) is 0. The molecule has 0 amide bonds. The fourth-order valence-corrected chi connectivity index (χ4v) is 2.29. The number of rotatable bonds is 4. The van der Waals surface area contributed by atoms with E-state index in [1.807, 2.05) is 26.0 Å². The summed E-state index contributed by atoms with van der Waals surface area (Å²) in [6.07, 6.45) is 1.07. The monoisotopic (exact) mass is 346 g/mol. The van der Waals surface area contributed by atoms with E-state index >= 15 is 0 Å². The van der Waals surface area contributed by atoms with Gasteiger partial charge in [0.05, 0.1) is 5.41 Å². The van der Waals surface area contributed by atoms with Gasteiger partial charge in [-0.25, -0.2) is 0 Å². The first-order valence-electron chi connectivity index (χ1n) is 5.80. The van der Waals surface area contributed by atoms with Crippen LogP contribution < -0.4 is 0 Å². The molecule has 0 N–H and O–H groups in total. The summed E-state index contributed by atoms with van der Waals surface area (Å²) in [6, 6.07) is 8.23. The number of halogens is 1. The van der Waals surface area contributed by atoms with Gasteiger partial charge in [0, 0.05) is 0 Å². The minimum atomic E-state index is -0.586. The average molecular weight is 346 g/mol. The molecule has 94 valence electrons. The van der Waals surface area contributed by atoms with Crippen molar-refractivity contribution in [2.24, 2.45) is 5.92 Å². The van der Waals surface area contributed by atoms with Crippen LogP contribution in [-0.2, 0) is 19.7 Å². The highest BCUT2D eigenvalue weighted by Gasteiger charge is 2.31. The molecule has 1 aromatic rings. The van der Waals surface area contributed by atoms with E-state index in [2.05, 4.69) is 26.0 Å². The highest BCUT2D eigenvalue weighted by Crippen LogP contribution is 2.26. The molecule has 0 fully saturated rings. The lowest BCUT2D eigenvalue weighted by Crippen LogP contribution is -2.28. The van der Waals surface area contributed by atoms with Gasteiger partial charge >= 0.3 is 5.97 Å². The molecule has 3 heteroatoms. The summed E-state index contributed by atoms with van der Waals surface area (Å²) in [5, 5.41) is 0. The molecule has 0 aromatic heterocycles. The molecule has 1 aromatic carbocycles. The SMILES string of the molecule is CC(C)Cc1ccc(C(C)(C)C(=O)OI)cc1. The Hall–Kier alpha value is -0.580. The van der Waals surface area contributed by atoms with Gasteiger partial charge in [0.25, 0.3) is 0 Å². The molecule has 0 aliphatic carbocycles. The van der Waals surface area contributed by atoms with Crippen LogP contribution in [0.4, 0.5) is 0 Å². The van der Waals surface area contributed by atoms with Crippen LogP contribution in [0.2, 0.25) is 0 Å². The van der Waals surface area contributed by atoms with Crippen LogP contribution in [0.15, 0.2) is 24.3 Å². The maximum Gasteiger partial charge on any atom is 0.325 e. The van der Waals surface area contributed by atoms with Crippen molar-refractivity contribution in [2.45, 2.75) is 39.5 Å². The van der Waals surface area contributed by atoms with Crippen LogP contribution in [0, 0.1) is 5.92 Å². The lowest BCUT2D eigenvalue weighted by atomic mass is 9.84. The van der Waals surface area contributed by atoms with Crippen molar-refractivity contribution in [2.75, 3.05) is 0 Å². The van der Waals surface area contributed by atoms with Crippen LogP contribution in [0.3, 0.4) is 0 Å². The summed E-state index contributed by atoms with van der Waals surface area (Å²) < 4.78 is 4.80. The van der Waals surface area contributed by atoms with Gasteiger partial charge in [-0.3, -0.25) is 4.79 Å². The number of benzene rings is 1. The molecular weight excluding hydrogens is 327 g/mol. The van der Waals surface area contributed by atoms with Gasteiger partial charge in [-0.05, 0) is 37.3 Å². The van der Waals surface area contributed by atoms with E-state index in [0.717, 1.165) is 12.0 Å². The predicted molar refractivity (Wildman–Crippen MR) is 78.1 cm³/mol. The smallest absolute Gasteiger partial charge is 0.325 e. The molecular formula is C14H19IO2. The summed E-state index contributed by atoms with van der Waals surface area (Å²) in [7, 11) is 0. The van der Waals surface area contributed by atoms with Crippen molar-refractivity contribution in [1.29, 1.82) is 0 Å². The molecule has 17 heavy (non-hydrogen) atoms. The molecule has 0 unspecified atom stereocenters. The summed E-state index contributed by atoms with van der Waals surface area (Å²) in [5.41, 5.74) is 1.71. The minimum Gasteiger partial charge on any atom is -0.394 e. The van der Waals surface area contributed by atoms with Gasteiger partial charge < -0.3 is 3.07 Å². The topological polar surface area (TPSA) is 26.3 Å². The van der Waals surface area contributed by atoms with E-state index in [1.165, 1.54) is 5.56 Å². The lowest BCUT2D eigenvalue weighted by Gasteiger charge is -2.21. The van der Waals surface area contributed by atoms with Gasteiger partial charge in [0.1, 0.15) is 0 Å².